The van der Waals surface area contributed by atoms with Crippen molar-refractivity contribution < 1.29 is 17.9 Å². The second-order valence-electron chi connectivity index (χ2n) is 5.96. The van der Waals surface area contributed by atoms with Crippen LogP contribution in [0, 0.1) is 11.3 Å². The van der Waals surface area contributed by atoms with Crippen LogP contribution in [0.4, 0.5) is 13.2 Å². The van der Waals surface area contributed by atoms with E-state index in [-0.39, 0.29) is 11.2 Å². The number of halogens is 3. The third-order valence-electron chi connectivity index (χ3n) is 3.94. The number of hydrogen-bond donors (Lipinski definition) is 1. The molecule has 1 unspecified atom stereocenters. The van der Waals surface area contributed by atoms with Gasteiger partial charge in [-0.25, -0.2) is 0 Å². The number of hydrogen-bond acceptors (Lipinski definition) is 2. The van der Waals surface area contributed by atoms with Crippen LogP contribution in [0.2, 0.25) is 0 Å². The molecule has 0 saturated heterocycles. The molecular weight excluding hydrogens is 279 g/mol. The average molecular weight is 303 g/mol. The minimum atomic E-state index is -4.64. The molecule has 1 N–H and O–H groups in total. The second-order valence-corrected chi connectivity index (χ2v) is 5.96. The Hall–Kier alpha value is -1.23. The SMILES string of the molecule is CCNCC(C)(Cc1ccc(OC(F)(F)F)cc1)C(C)C. The molecule has 1 aromatic carbocycles. The van der Waals surface area contributed by atoms with Crippen molar-refractivity contribution in [2.45, 2.75) is 40.5 Å². The number of rotatable bonds is 7. The van der Waals surface area contributed by atoms with Crippen LogP contribution in [-0.4, -0.2) is 19.5 Å². The minimum Gasteiger partial charge on any atom is -0.406 e. The van der Waals surface area contributed by atoms with E-state index < -0.39 is 6.36 Å². The van der Waals surface area contributed by atoms with E-state index in [1.54, 1.807) is 12.1 Å². The van der Waals surface area contributed by atoms with Crippen molar-refractivity contribution in [3.05, 3.63) is 29.8 Å². The molecule has 0 bridgehead atoms. The summed E-state index contributed by atoms with van der Waals surface area (Å²) in [6.45, 7) is 10.4. The molecule has 0 amide bonds. The van der Waals surface area contributed by atoms with Crippen LogP contribution in [0.25, 0.3) is 0 Å². The summed E-state index contributed by atoms with van der Waals surface area (Å²) in [5, 5.41) is 3.36. The van der Waals surface area contributed by atoms with Gasteiger partial charge in [0, 0.05) is 6.54 Å². The first-order valence-electron chi connectivity index (χ1n) is 7.21. The van der Waals surface area contributed by atoms with Crippen molar-refractivity contribution in [3.63, 3.8) is 0 Å². The smallest absolute Gasteiger partial charge is 0.406 e. The highest BCUT2D eigenvalue weighted by molar-refractivity contribution is 5.28. The molecule has 120 valence electrons. The maximum absolute atomic E-state index is 12.1. The Morgan fingerprint density at radius 1 is 1.14 bits per heavy atom. The van der Waals surface area contributed by atoms with Crippen molar-refractivity contribution in [2.75, 3.05) is 13.1 Å². The first-order chi connectivity index (χ1) is 9.66. The summed E-state index contributed by atoms with van der Waals surface area (Å²) in [4.78, 5) is 0. The third-order valence-corrected chi connectivity index (χ3v) is 3.94. The van der Waals surface area contributed by atoms with Gasteiger partial charge in [-0.15, -0.1) is 13.2 Å². The maximum atomic E-state index is 12.1. The number of alkyl halides is 3. The molecular formula is C16H24F3NO. The highest BCUT2D eigenvalue weighted by atomic mass is 19.4. The number of nitrogens with one attached hydrogen (secondary N) is 1. The second kappa shape index (κ2) is 7.16. The minimum absolute atomic E-state index is 0.0579. The molecule has 0 aliphatic carbocycles. The zero-order chi connectivity index (χ0) is 16.1. The predicted molar refractivity (Wildman–Crippen MR) is 78.3 cm³/mol. The van der Waals surface area contributed by atoms with Gasteiger partial charge in [-0.1, -0.05) is 39.8 Å². The number of ether oxygens (including phenoxy) is 1. The monoisotopic (exact) mass is 303 g/mol. The average Bonchev–Trinajstić information content (AvgIpc) is 2.37. The van der Waals surface area contributed by atoms with E-state index in [1.165, 1.54) is 12.1 Å². The molecule has 21 heavy (non-hydrogen) atoms. The molecule has 0 fully saturated rings. The Morgan fingerprint density at radius 3 is 2.14 bits per heavy atom. The molecule has 0 saturated carbocycles. The summed E-state index contributed by atoms with van der Waals surface area (Å²) in [5.74, 6) is 0.284. The lowest BCUT2D eigenvalue weighted by Crippen LogP contribution is -2.37. The molecule has 0 aliphatic heterocycles. The first kappa shape index (κ1) is 17.8. The van der Waals surface area contributed by atoms with E-state index in [4.69, 9.17) is 0 Å². The normalized spacial score (nSPS) is 15.0. The van der Waals surface area contributed by atoms with Gasteiger partial charge in [0.05, 0.1) is 0 Å². The molecule has 0 heterocycles. The van der Waals surface area contributed by atoms with Gasteiger partial charge < -0.3 is 10.1 Å². The molecule has 2 nitrogen and oxygen atoms in total. The van der Waals surface area contributed by atoms with Crippen LogP contribution >= 0.6 is 0 Å². The summed E-state index contributed by atoms with van der Waals surface area (Å²) < 4.78 is 40.3. The van der Waals surface area contributed by atoms with Crippen LogP contribution in [0.1, 0.15) is 33.3 Å². The van der Waals surface area contributed by atoms with Gasteiger partial charge in [0.1, 0.15) is 5.75 Å². The molecule has 0 aliphatic rings. The zero-order valence-corrected chi connectivity index (χ0v) is 13.1. The van der Waals surface area contributed by atoms with Gasteiger partial charge in [-0.2, -0.15) is 0 Å². The molecule has 5 heteroatoms. The van der Waals surface area contributed by atoms with Crippen LogP contribution in [0.3, 0.4) is 0 Å². The van der Waals surface area contributed by atoms with E-state index in [0.717, 1.165) is 25.1 Å². The zero-order valence-electron chi connectivity index (χ0n) is 13.1. The van der Waals surface area contributed by atoms with Gasteiger partial charge in [-0.3, -0.25) is 0 Å². The van der Waals surface area contributed by atoms with Gasteiger partial charge in [0.2, 0.25) is 0 Å². The Labute approximate surface area is 124 Å². The van der Waals surface area contributed by atoms with Crippen LogP contribution in [0.15, 0.2) is 24.3 Å². The van der Waals surface area contributed by atoms with Crippen molar-refractivity contribution >= 4 is 0 Å². The summed E-state index contributed by atoms with van der Waals surface area (Å²) in [6, 6.07) is 6.15. The lowest BCUT2D eigenvalue weighted by Gasteiger charge is -2.34. The summed E-state index contributed by atoms with van der Waals surface area (Å²) in [6.07, 6.45) is -3.83. The fourth-order valence-electron chi connectivity index (χ4n) is 2.16. The molecule has 1 aromatic rings. The van der Waals surface area contributed by atoms with Gasteiger partial charge in [0.15, 0.2) is 0 Å². The van der Waals surface area contributed by atoms with Gasteiger partial charge in [0.25, 0.3) is 0 Å². The summed E-state index contributed by atoms with van der Waals surface area (Å²) >= 11 is 0. The highest BCUT2D eigenvalue weighted by Crippen LogP contribution is 2.31. The van der Waals surface area contributed by atoms with Crippen molar-refractivity contribution in [1.82, 2.24) is 5.32 Å². The van der Waals surface area contributed by atoms with Crippen LogP contribution in [0.5, 0.6) is 5.75 Å². The predicted octanol–water partition coefficient (Wildman–Crippen LogP) is 4.40. The highest BCUT2D eigenvalue weighted by Gasteiger charge is 2.31. The topological polar surface area (TPSA) is 21.3 Å². The van der Waals surface area contributed by atoms with Crippen LogP contribution < -0.4 is 10.1 Å². The van der Waals surface area contributed by atoms with E-state index in [9.17, 15) is 13.2 Å². The Balaban J connectivity index is 2.76. The van der Waals surface area contributed by atoms with Crippen molar-refractivity contribution in [1.29, 1.82) is 0 Å². The summed E-state index contributed by atoms with van der Waals surface area (Å²) in [5.41, 5.74) is 1.07. The Bertz CT molecular complexity index is 428. The first-order valence-corrected chi connectivity index (χ1v) is 7.21. The molecule has 0 aromatic heterocycles. The maximum Gasteiger partial charge on any atom is 0.573 e. The third kappa shape index (κ3) is 5.96. The molecule has 0 spiro atoms. The quantitative estimate of drug-likeness (QED) is 0.806. The fourth-order valence-corrected chi connectivity index (χ4v) is 2.16. The van der Waals surface area contributed by atoms with E-state index in [2.05, 4.69) is 37.7 Å². The fraction of sp³-hybridized carbons (Fsp3) is 0.625. The van der Waals surface area contributed by atoms with Gasteiger partial charge >= 0.3 is 6.36 Å². The van der Waals surface area contributed by atoms with E-state index in [0.29, 0.717) is 5.92 Å². The van der Waals surface area contributed by atoms with Crippen LogP contribution in [-0.2, 0) is 6.42 Å². The van der Waals surface area contributed by atoms with E-state index >= 15 is 0 Å². The van der Waals surface area contributed by atoms with E-state index in [1.807, 2.05) is 0 Å². The summed E-state index contributed by atoms with van der Waals surface area (Å²) in [7, 11) is 0. The molecule has 1 rings (SSSR count). The standard InChI is InChI=1S/C16H24F3NO/c1-5-20-11-15(4,12(2)3)10-13-6-8-14(9-7-13)21-16(17,18)19/h6-9,12,20H,5,10-11H2,1-4H3. The van der Waals surface area contributed by atoms with Crippen molar-refractivity contribution in [3.8, 4) is 5.75 Å². The van der Waals surface area contributed by atoms with Crippen molar-refractivity contribution in [2.24, 2.45) is 11.3 Å². The number of benzene rings is 1. The molecule has 0 radical (unpaired) electrons. The van der Waals surface area contributed by atoms with Gasteiger partial charge in [-0.05, 0) is 42.0 Å². The Kier molecular flexibility index (Phi) is 6.08. The lowest BCUT2D eigenvalue weighted by atomic mass is 9.74. The largest absolute Gasteiger partial charge is 0.573 e. The molecule has 1 atom stereocenters. The lowest BCUT2D eigenvalue weighted by molar-refractivity contribution is -0.274. The Morgan fingerprint density at radius 2 is 1.71 bits per heavy atom.